The third-order valence-corrected chi connectivity index (χ3v) is 5.33. The first-order valence-corrected chi connectivity index (χ1v) is 9.93. The normalized spacial score (nSPS) is 13.1. The van der Waals surface area contributed by atoms with Crippen LogP contribution < -0.4 is 10.6 Å². The van der Waals surface area contributed by atoms with Gasteiger partial charge in [-0.25, -0.2) is 0 Å². The highest BCUT2D eigenvalue weighted by atomic mass is 16.2. The van der Waals surface area contributed by atoms with E-state index >= 15 is 0 Å². The summed E-state index contributed by atoms with van der Waals surface area (Å²) in [6, 6.07) is 15.6. The van der Waals surface area contributed by atoms with Crippen LogP contribution in [0.5, 0.6) is 0 Å². The Balaban J connectivity index is 1.30. The highest BCUT2D eigenvalue weighted by Gasteiger charge is 2.16. The molecule has 0 saturated heterocycles. The van der Waals surface area contributed by atoms with Crippen molar-refractivity contribution in [3.8, 4) is 0 Å². The Morgan fingerprint density at radius 1 is 0.964 bits per heavy atom. The van der Waals surface area contributed by atoms with Crippen molar-refractivity contribution in [2.24, 2.45) is 0 Å². The number of benzene rings is 2. The molecule has 1 aliphatic carbocycles. The summed E-state index contributed by atoms with van der Waals surface area (Å²) in [5.41, 5.74) is 5.47. The summed E-state index contributed by atoms with van der Waals surface area (Å²) in [5, 5.41) is 6.88. The zero-order valence-electron chi connectivity index (χ0n) is 15.9. The van der Waals surface area contributed by atoms with E-state index in [9.17, 15) is 9.59 Å². The van der Waals surface area contributed by atoms with Crippen molar-refractivity contribution in [3.05, 3.63) is 70.9 Å². The number of rotatable bonds is 6. The Hall–Kier alpha value is -3.08. The minimum atomic E-state index is -0.136. The Labute approximate surface area is 164 Å². The Bertz CT molecular complexity index is 992. The van der Waals surface area contributed by atoms with Gasteiger partial charge in [-0.3, -0.25) is 9.59 Å². The van der Waals surface area contributed by atoms with E-state index in [-0.39, 0.29) is 18.2 Å². The molecule has 0 aliphatic heterocycles. The summed E-state index contributed by atoms with van der Waals surface area (Å²) in [6.45, 7) is 0.825. The molecule has 28 heavy (non-hydrogen) atoms. The van der Waals surface area contributed by atoms with Crippen LogP contribution in [0.4, 0.5) is 0 Å². The summed E-state index contributed by atoms with van der Waals surface area (Å²) in [5.74, 6) is -0.206. The van der Waals surface area contributed by atoms with Gasteiger partial charge in [0, 0.05) is 41.7 Å². The standard InChI is InChI=1S/C23H25N3O2/c27-22(25-15-16-6-2-1-3-7-16)12-13-24-23(28)17-10-11-21-19(14-17)18-8-4-5-9-20(18)26-21/h1-3,6-7,10-11,14,26H,4-5,8-9,12-13,15H2,(H,24,28)(H,25,27). The SMILES string of the molecule is O=C(CCNC(=O)c1ccc2[nH]c3c(c2c1)CCCC3)NCc1ccccc1. The maximum absolute atomic E-state index is 12.5. The third-order valence-electron chi connectivity index (χ3n) is 5.33. The number of aryl methyl sites for hydroxylation is 2. The Morgan fingerprint density at radius 3 is 2.64 bits per heavy atom. The first-order valence-electron chi connectivity index (χ1n) is 9.93. The molecule has 0 radical (unpaired) electrons. The fraction of sp³-hybridized carbons (Fsp3) is 0.304. The lowest BCUT2D eigenvalue weighted by Crippen LogP contribution is -2.30. The summed E-state index contributed by atoms with van der Waals surface area (Å²) < 4.78 is 0. The van der Waals surface area contributed by atoms with E-state index in [1.165, 1.54) is 24.1 Å². The zero-order chi connectivity index (χ0) is 19.3. The summed E-state index contributed by atoms with van der Waals surface area (Å²) in [6.07, 6.45) is 4.85. The van der Waals surface area contributed by atoms with Crippen molar-refractivity contribution in [2.75, 3.05) is 6.54 Å². The average molecular weight is 375 g/mol. The maximum Gasteiger partial charge on any atom is 0.251 e. The lowest BCUT2D eigenvalue weighted by atomic mass is 9.95. The van der Waals surface area contributed by atoms with E-state index in [4.69, 9.17) is 0 Å². The van der Waals surface area contributed by atoms with Gasteiger partial charge in [-0.2, -0.15) is 0 Å². The van der Waals surface area contributed by atoms with Crippen LogP contribution >= 0.6 is 0 Å². The lowest BCUT2D eigenvalue weighted by molar-refractivity contribution is -0.121. The van der Waals surface area contributed by atoms with Gasteiger partial charge in [-0.1, -0.05) is 30.3 Å². The molecular formula is C23H25N3O2. The zero-order valence-corrected chi connectivity index (χ0v) is 15.9. The monoisotopic (exact) mass is 375 g/mol. The van der Waals surface area contributed by atoms with E-state index in [2.05, 4.69) is 15.6 Å². The molecule has 0 unspecified atom stereocenters. The molecule has 0 fully saturated rings. The highest BCUT2D eigenvalue weighted by molar-refractivity contribution is 5.99. The molecule has 2 amide bonds. The predicted molar refractivity (Wildman–Crippen MR) is 110 cm³/mol. The molecule has 0 saturated carbocycles. The minimum absolute atomic E-state index is 0.0701. The molecule has 2 aromatic carbocycles. The number of carbonyl (C=O) groups is 2. The number of hydrogen-bond donors (Lipinski definition) is 3. The second-order valence-corrected chi connectivity index (χ2v) is 7.32. The van der Waals surface area contributed by atoms with Crippen LogP contribution in [0.3, 0.4) is 0 Å². The van der Waals surface area contributed by atoms with Crippen LogP contribution in [-0.2, 0) is 24.2 Å². The van der Waals surface area contributed by atoms with Crippen LogP contribution in [0.1, 0.15) is 46.4 Å². The smallest absolute Gasteiger partial charge is 0.251 e. The van der Waals surface area contributed by atoms with Crippen LogP contribution in [0.2, 0.25) is 0 Å². The van der Waals surface area contributed by atoms with Gasteiger partial charge in [0.2, 0.25) is 5.91 Å². The van der Waals surface area contributed by atoms with Crippen LogP contribution in [-0.4, -0.2) is 23.3 Å². The quantitative estimate of drug-likeness (QED) is 0.617. The van der Waals surface area contributed by atoms with E-state index in [0.29, 0.717) is 18.7 Å². The molecule has 0 spiro atoms. The van der Waals surface area contributed by atoms with Crippen molar-refractivity contribution in [1.82, 2.24) is 15.6 Å². The molecule has 0 atom stereocenters. The number of hydrogen-bond acceptors (Lipinski definition) is 2. The van der Waals surface area contributed by atoms with Gasteiger partial charge in [-0.05, 0) is 55.0 Å². The van der Waals surface area contributed by atoms with Crippen molar-refractivity contribution in [3.63, 3.8) is 0 Å². The molecule has 1 aromatic heterocycles. The third kappa shape index (κ3) is 4.09. The predicted octanol–water partition coefficient (Wildman–Crippen LogP) is 3.48. The molecular weight excluding hydrogens is 350 g/mol. The van der Waals surface area contributed by atoms with E-state index < -0.39 is 0 Å². The van der Waals surface area contributed by atoms with Gasteiger partial charge in [0.25, 0.3) is 5.91 Å². The van der Waals surface area contributed by atoms with E-state index in [1.807, 2.05) is 48.5 Å². The van der Waals surface area contributed by atoms with Gasteiger partial charge < -0.3 is 15.6 Å². The van der Waals surface area contributed by atoms with Gasteiger partial charge in [0.15, 0.2) is 0 Å². The van der Waals surface area contributed by atoms with Gasteiger partial charge in [0.05, 0.1) is 0 Å². The molecule has 0 bridgehead atoms. The van der Waals surface area contributed by atoms with Crippen molar-refractivity contribution in [2.45, 2.75) is 38.6 Å². The minimum Gasteiger partial charge on any atom is -0.358 e. The number of fused-ring (bicyclic) bond motifs is 3. The molecule has 4 rings (SSSR count). The number of H-pyrrole nitrogens is 1. The largest absolute Gasteiger partial charge is 0.358 e. The van der Waals surface area contributed by atoms with Crippen LogP contribution in [0.25, 0.3) is 10.9 Å². The van der Waals surface area contributed by atoms with Gasteiger partial charge in [-0.15, -0.1) is 0 Å². The number of amides is 2. The number of carbonyl (C=O) groups excluding carboxylic acids is 2. The average Bonchev–Trinajstić information content (AvgIpc) is 3.11. The van der Waals surface area contributed by atoms with E-state index in [1.54, 1.807) is 0 Å². The lowest BCUT2D eigenvalue weighted by Gasteiger charge is -2.10. The molecule has 1 aliphatic rings. The first-order chi connectivity index (χ1) is 13.7. The topological polar surface area (TPSA) is 74.0 Å². The summed E-state index contributed by atoms with van der Waals surface area (Å²) in [7, 11) is 0. The molecule has 5 nitrogen and oxygen atoms in total. The number of aromatic nitrogens is 1. The molecule has 1 heterocycles. The number of nitrogens with one attached hydrogen (secondary N) is 3. The Kier molecular flexibility index (Phi) is 5.42. The maximum atomic E-state index is 12.5. The van der Waals surface area contributed by atoms with E-state index in [0.717, 1.165) is 29.3 Å². The van der Waals surface area contributed by atoms with Crippen molar-refractivity contribution >= 4 is 22.7 Å². The molecule has 3 aromatic rings. The molecule has 3 N–H and O–H groups in total. The second kappa shape index (κ2) is 8.30. The van der Waals surface area contributed by atoms with Crippen molar-refractivity contribution in [1.29, 1.82) is 0 Å². The highest BCUT2D eigenvalue weighted by Crippen LogP contribution is 2.29. The molecule has 144 valence electrons. The second-order valence-electron chi connectivity index (χ2n) is 7.32. The number of aromatic amines is 1. The first kappa shape index (κ1) is 18.3. The van der Waals surface area contributed by atoms with Crippen LogP contribution in [0, 0.1) is 0 Å². The van der Waals surface area contributed by atoms with Gasteiger partial charge >= 0.3 is 0 Å². The fourth-order valence-corrected chi connectivity index (χ4v) is 3.82. The van der Waals surface area contributed by atoms with Gasteiger partial charge in [0.1, 0.15) is 0 Å². The molecule has 5 heteroatoms. The Morgan fingerprint density at radius 2 is 1.79 bits per heavy atom. The summed E-state index contributed by atoms with van der Waals surface area (Å²) >= 11 is 0. The van der Waals surface area contributed by atoms with Crippen LogP contribution in [0.15, 0.2) is 48.5 Å². The summed E-state index contributed by atoms with van der Waals surface area (Å²) in [4.78, 5) is 27.9. The fourth-order valence-electron chi connectivity index (χ4n) is 3.82. The van der Waals surface area contributed by atoms with Crippen molar-refractivity contribution < 1.29 is 9.59 Å².